The van der Waals surface area contributed by atoms with Crippen molar-refractivity contribution in [3.05, 3.63) is 59.7 Å². The van der Waals surface area contributed by atoms with E-state index in [4.69, 9.17) is 4.74 Å². The van der Waals surface area contributed by atoms with Gasteiger partial charge in [0.25, 0.3) is 0 Å². The fourth-order valence-electron chi connectivity index (χ4n) is 5.67. The highest BCUT2D eigenvalue weighted by molar-refractivity contribution is 5.86. The number of ether oxygens (including phenoxy) is 1. The van der Waals surface area contributed by atoms with Crippen LogP contribution in [-0.4, -0.2) is 53.2 Å². The molecule has 3 aliphatic rings. The molecule has 2 N–H and O–H groups in total. The maximum Gasteiger partial charge on any atom is 0.407 e. The second kappa shape index (κ2) is 8.89. The van der Waals surface area contributed by atoms with Crippen LogP contribution >= 0.6 is 0 Å². The van der Waals surface area contributed by atoms with Crippen LogP contribution in [0.15, 0.2) is 48.5 Å². The monoisotopic (exact) mass is 448 g/mol. The molecule has 5 rings (SSSR count). The summed E-state index contributed by atoms with van der Waals surface area (Å²) in [4.78, 5) is 38.3. The van der Waals surface area contributed by atoms with Gasteiger partial charge in [-0.05, 0) is 54.4 Å². The Hall–Kier alpha value is -3.35. The summed E-state index contributed by atoms with van der Waals surface area (Å²) in [7, 11) is 0. The number of rotatable bonds is 5. The molecule has 0 spiro atoms. The van der Waals surface area contributed by atoms with E-state index in [2.05, 4.69) is 29.6 Å². The van der Waals surface area contributed by atoms with Crippen molar-refractivity contribution >= 4 is 18.0 Å². The van der Waals surface area contributed by atoms with Gasteiger partial charge in [0.1, 0.15) is 12.6 Å². The predicted octanol–water partition coefficient (Wildman–Crippen LogP) is 3.77. The molecule has 172 valence electrons. The number of carbonyl (C=O) groups excluding carboxylic acids is 2. The fourth-order valence-corrected chi connectivity index (χ4v) is 5.67. The first-order valence-electron chi connectivity index (χ1n) is 11.7. The zero-order valence-electron chi connectivity index (χ0n) is 18.4. The van der Waals surface area contributed by atoms with Crippen LogP contribution in [0.5, 0.6) is 0 Å². The van der Waals surface area contributed by atoms with Gasteiger partial charge >= 0.3 is 12.1 Å². The number of alkyl carbamates (subject to hydrolysis) is 1. The minimum Gasteiger partial charge on any atom is -0.480 e. The Morgan fingerprint density at radius 1 is 0.970 bits per heavy atom. The van der Waals surface area contributed by atoms with Gasteiger partial charge in [0, 0.05) is 24.4 Å². The van der Waals surface area contributed by atoms with Crippen LogP contribution in [0.25, 0.3) is 11.1 Å². The van der Waals surface area contributed by atoms with Gasteiger partial charge in [0.05, 0.1) is 0 Å². The maximum atomic E-state index is 12.8. The van der Waals surface area contributed by atoms with E-state index in [9.17, 15) is 19.5 Å². The van der Waals surface area contributed by atoms with Crippen LogP contribution in [-0.2, 0) is 14.3 Å². The Kier molecular flexibility index (Phi) is 5.79. The first-order valence-corrected chi connectivity index (χ1v) is 11.7. The normalized spacial score (nSPS) is 23.8. The lowest BCUT2D eigenvalue weighted by Crippen LogP contribution is -2.43. The van der Waals surface area contributed by atoms with E-state index in [1.165, 1.54) is 16.0 Å². The zero-order chi connectivity index (χ0) is 22.9. The molecule has 1 saturated carbocycles. The number of carbonyl (C=O) groups is 3. The smallest absolute Gasteiger partial charge is 0.407 e. The second-order valence-corrected chi connectivity index (χ2v) is 9.20. The van der Waals surface area contributed by atoms with Crippen LogP contribution in [0.3, 0.4) is 0 Å². The number of hydrogen-bond donors (Lipinski definition) is 2. The Morgan fingerprint density at radius 3 is 2.30 bits per heavy atom. The number of nitrogens with zero attached hydrogens (tertiary/aromatic N) is 1. The molecule has 1 heterocycles. The van der Waals surface area contributed by atoms with Crippen molar-refractivity contribution in [1.29, 1.82) is 0 Å². The van der Waals surface area contributed by atoms with Crippen LogP contribution in [0.1, 0.15) is 49.1 Å². The highest BCUT2D eigenvalue weighted by Crippen LogP contribution is 2.44. The van der Waals surface area contributed by atoms with E-state index in [1.54, 1.807) is 0 Å². The second-order valence-electron chi connectivity index (χ2n) is 9.20. The molecule has 2 aliphatic carbocycles. The molecule has 2 aromatic carbocycles. The summed E-state index contributed by atoms with van der Waals surface area (Å²) in [6.45, 7) is 0.750. The summed E-state index contributed by atoms with van der Waals surface area (Å²) in [6.07, 6.45) is 2.61. The summed E-state index contributed by atoms with van der Waals surface area (Å²) >= 11 is 0. The summed E-state index contributed by atoms with van der Waals surface area (Å²) in [5.74, 6) is -1.28. The number of fused-ring (bicyclic) bond motifs is 3. The Morgan fingerprint density at radius 2 is 1.64 bits per heavy atom. The van der Waals surface area contributed by atoms with E-state index in [0.29, 0.717) is 32.2 Å². The topological polar surface area (TPSA) is 95.9 Å². The zero-order valence-corrected chi connectivity index (χ0v) is 18.4. The minimum absolute atomic E-state index is 0.00386. The molecular formula is C26H28N2O5. The number of carboxylic acids is 1. The van der Waals surface area contributed by atoms with E-state index in [1.807, 2.05) is 24.3 Å². The van der Waals surface area contributed by atoms with Crippen molar-refractivity contribution in [2.24, 2.45) is 5.92 Å². The van der Waals surface area contributed by atoms with E-state index in [0.717, 1.165) is 17.5 Å². The summed E-state index contributed by atoms with van der Waals surface area (Å²) < 4.78 is 5.62. The van der Waals surface area contributed by atoms with Crippen molar-refractivity contribution in [2.75, 3.05) is 13.2 Å². The third-order valence-corrected chi connectivity index (χ3v) is 7.27. The quantitative estimate of drug-likeness (QED) is 0.726. The molecule has 0 bridgehead atoms. The number of benzene rings is 2. The van der Waals surface area contributed by atoms with Crippen LogP contribution < -0.4 is 5.32 Å². The summed E-state index contributed by atoms with van der Waals surface area (Å²) in [6, 6.07) is 15.5. The highest BCUT2D eigenvalue weighted by Gasteiger charge is 2.40. The molecule has 33 heavy (non-hydrogen) atoms. The third-order valence-electron chi connectivity index (χ3n) is 7.27. The Balaban J connectivity index is 1.16. The van der Waals surface area contributed by atoms with E-state index in [-0.39, 0.29) is 30.4 Å². The standard InChI is InChI=1S/C26H28N2O5/c29-24(28-13-5-10-23(28)25(30)31)16-11-12-17(14-16)27-26(32)33-15-22-20-8-3-1-6-18(20)19-7-2-4-9-21(19)22/h1-4,6-9,16-17,22-23H,5,10-15H2,(H,27,32)(H,30,31)/t16-,17+,23?/m1/s1. The molecule has 1 unspecified atom stereocenters. The number of amides is 2. The van der Waals surface area contributed by atoms with Gasteiger partial charge in [0.15, 0.2) is 0 Å². The number of carboxylic acid groups (broad SMARTS) is 1. The van der Waals surface area contributed by atoms with Gasteiger partial charge in [-0.3, -0.25) is 4.79 Å². The van der Waals surface area contributed by atoms with Gasteiger partial charge in [-0.2, -0.15) is 0 Å². The lowest BCUT2D eigenvalue weighted by atomic mass is 9.98. The molecule has 3 atom stereocenters. The lowest BCUT2D eigenvalue weighted by Gasteiger charge is -2.24. The van der Waals surface area contributed by atoms with Crippen LogP contribution in [0.4, 0.5) is 4.79 Å². The minimum atomic E-state index is -0.938. The average molecular weight is 449 g/mol. The summed E-state index contributed by atoms with van der Waals surface area (Å²) in [5.41, 5.74) is 4.69. The molecule has 7 nitrogen and oxygen atoms in total. The molecule has 2 fully saturated rings. The van der Waals surface area contributed by atoms with Crippen molar-refractivity contribution < 1.29 is 24.2 Å². The van der Waals surface area contributed by atoms with Crippen LogP contribution in [0.2, 0.25) is 0 Å². The highest BCUT2D eigenvalue weighted by atomic mass is 16.5. The first-order chi connectivity index (χ1) is 16.0. The SMILES string of the molecule is O=C(N[C@H]1CC[C@@H](C(=O)N2CCCC2C(=O)O)C1)OCC1c2ccccc2-c2ccccc21. The van der Waals surface area contributed by atoms with Gasteiger partial charge in [-0.25, -0.2) is 9.59 Å². The molecule has 0 aromatic heterocycles. The lowest BCUT2D eigenvalue weighted by molar-refractivity contribution is -0.149. The van der Waals surface area contributed by atoms with Crippen molar-refractivity contribution in [1.82, 2.24) is 10.2 Å². The van der Waals surface area contributed by atoms with E-state index < -0.39 is 18.1 Å². The number of nitrogens with one attached hydrogen (secondary N) is 1. The molecule has 0 radical (unpaired) electrons. The van der Waals surface area contributed by atoms with Gasteiger partial charge in [0.2, 0.25) is 5.91 Å². The molecule has 1 saturated heterocycles. The van der Waals surface area contributed by atoms with Crippen molar-refractivity contribution in [3.8, 4) is 11.1 Å². The number of aliphatic carboxylic acids is 1. The average Bonchev–Trinajstić information content (AvgIpc) is 3.55. The van der Waals surface area contributed by atoms with Gasteiger partial charge in [-0.1, -0.05) is 48.5 Å². The Bertz CT molecular complexity index is 1040. The molecule has 7 heteroatoms. The Labute approximate surface area is 192 Å². The predicted molar refractivity (Wildman–Crippen MR) is 122 cm³/mol. The molecule has 1 aliphatic heterocycles. The van der Waals surface area contributed by atoms with E-state index >= 15 is 0 Å². The van der Waals surface area contributed by atoms with Crippen molar-refractivity contribution in [3.63, 3.8) is 0 Å². The van der Waals surface area contributed by atoms with Gasteiger partial charge < -0.3 is 20.1 Å². The molecule has 2 aromatic rings. The van der Waals surface area contributed by atoms with Crippen molar-refractivity contribution in [2.45, 2.75) is 50.1 Å². The maximum absolute atomic E-state index is 12.8. The number of hydrogen-bond acceptors (Lipinski definition) is 4. The molecule has 2 amide bonds. The third kappa shape index (κ3) is 4.08. The number of likely N-dealkylation sites (tertiary alicyclic amines) is 1. The largest absolute Gasteiger partial charge is 0.480 e. The summed E-state index contributed by atoms with van der Waals surface area (Å²) in [5, 5.41) is 12.3. The fraction of sp³-hybridized carbons (Fsp3) is 0.423. The first kappa shape index (κ1) is 21.5. The van der Waals surface area contributed by atoms with Gasteiger partial charge in [-0.15, -0.1) is 0 Å². The van der Waals surface area contributed by atoms with Crippen LogP contribution in [0, 0.1) is 5.92 Å². The molecular weight excluding hydrogens is 420 g/mol.